The number of anilines is 3. The van der Waals surface area contributed by atoms with E-state index in [0.717, 1.165) is 16.7 Å². The van der Waals surface area contributed by atoms with Gasteiger partial charge in [-0.15, -0.1) is 0 Å². The van der Waals surface area contributed by atoms with Gasteiger partial charge in [0.25, 0.3) is 28.6 Å². The summed E-state index contributed by atoms with van der Waals surface area (Å²) in [6.45, 7) is 0.660. The number of aromatic amines is 1. The van der Waals surface area contributed by atoms with Gasteiger partial charge in [-0.3, -0.25) is 24.0 Å². The normalized spacial score (nSPS) is 12.2. The van der Waals surface area contributed by atoms with E-state index in [0.29, 0.717) is 29.0 Å². The quantitative estimate of drug-likeness (QED) is 0.129. The third-order valence-corrected chi connectivity index (χ3v) is 7.13. The number of benzene rings is 2. The van der Waals surface area contributed by atoms with E-state index >= 15 is 0 Å². The van der Waals surface area contributed by atoms with Crippen LogP contribution in [0.2, 0.25) is 0 Å². The second-order valence-electron chi connectivity index (χ2n) is 10.0. The van der Waals surface area contributed by atoms with Gasteiger partial charge < -0.3 is 36.3 Å². The smallest absolute Gasteiger partial charge is 0.272 e. The van der Waals surface area contributed by atoms with Crippen molar-refractivity contribution in [2.75, 3.05) is 29.6 Å². The zero-order chi connectivity index (χ0) is 30.8. The summed E-state index contributed by atoms with van der Waals surface area (Å²) in [4.78, 5) is 72.4. The Labute approximate surface area is 248 Å². The molecule has 0 radical (unpaired) electrons. The van der Waals surface area contributed by atoms with Gasteiger partial charge in [0.2, 0.25) is 0 Å². The van der Waals surface area contributed by atoms with E-state index in [1.54, 1.807) is 25.2 Å². The third kappa shape index (κ3) is 5.43. The molecule has 6 N–H and O–H groups in total. The van der Waals surface area contributed by atoms with Crippen LogP contribution >= 0.6 is 0 Å². The second-order valence-corrected chi connectivity index (χ2v) is 10.0. The molecular weight excluding hydrogens is 568 g/mol. The van der Waals surface area contributed by atoms with Crippen LogP contribution in [0.15, 0.2) is 64.6 Å². The highest BCUT2D eigenvalue weighted by molar-refractivity contribution is 6.10. The molecule has 0 unspecified atom stereocenters. The van der Waals surface area contributed by atoms with E-state index in [-0.39, 0.29) is 48.2 Å². The number of ether oxygens (including phenoxy) is 1. The maximum Gasteiger partial charge on any atom is 0.272 e. The first-order valence-electron chi connectivity index (χ1n) is 13.6. The number of carbonyl (C=O) groups is 3. The first-order valence-corrected chi connectivity index (χ1v) is 13.6. The summed E-state index contributed by atoms with van der Waals surface area (Å²) in [7, 11) is 1.58. The van der Waals surface area contributed by atoms with Gasteiger partial charge in [-0.25, -0.2) is 9.97 Å². The number of amides is 3. The second kappa shape index (κ2) is 11.7. The summed E-state index contributed by atoms with van der Waals surface area (Å²) in [6, 6.07) is 12.6. The predicted molar refractivity (Wildman–Crippen MR) is 161 cm³/mol. The molecule has 1 aliphatic heterocycles. The highest BCUT2D eigenvalue weighted by atomic mass is 16.5. The molecule has 0 spiro atoms. The van der Waals surface area contributed by atoms with E-state index in [4.69, 9.17) is 4.74 Å². The molecule has 0 saturated carbocycles. The Balaban J connectivity index is 1.08. The maximum atomic E-state index is 13.1. The molecule has 0 aliphatic carbocycles. The summed E-state index contributed by atoms with van der Waals surface area (Å²) >= 11 is 0. The monoisotopic (exact) mass is 594 g/mol. The number of hydrogen-bond acceptors (Lipinski definition) is 10. The maximum absolute atomic E-state index is 13.1. The molecule has 6 rings (SSSR count). The van der Waals surface area contributed by atoms with E-state index in [2.05, 4.69) is 41.5 Å². The van der Waals surface area contributed by atoms with Crippen molar-refractivity contribution >= 4 is 45.8 Å². The highest BCUT2D eigenvalue weighted by Gasteiger charge is 2.21. The molecule has 14 nitrogen and oxygen atoms in total. The zero-order valence-electron chi connectivity index (χ0n) is 23.4. The number of H-pyrrole nitrogens is 1. The molecule has 0 bridgehead atoms. The van der Waals surface area contributed by atoms with Gasteiger partial charge in [0.1, 0.15) is 29.0 Å². The van der Waals surface area contributed by atoms with Gasteiger partial charge in [0.05, 0.1) is 16.8 Å². The summed E-state index contributed by atoms with van der Waals surface area (Å²) in [5.74, 6) is -0.565. The molecular formula is C30H26N8O6. The third-order valence-electron chi connectivity index (χ3n) is 7.13. The Morgan fingerprint density at radius 3 is 2.41 bits per heavy atom. The van der Waals surface area contributed by atoms with Crippen LogP contribution in [0.25, 0.3) is 11.0 Å². The van der Waals surface area contributed by atoms with Crippen LogP contribution in [0.1, 0.15) is 37.5 Å². The van der Waals surface area contributed by atoms with Gasteiger partial charge in [0.15, 0.2) is 12.3 Å². The molecule has 0 atom stereocenters. The van der Waals surface area contributed by atoms with Crippen LogP contribution < -0.4 is 42.2 Å². The average Bonchev–Trinajstić information content (AvgIpc) is 3.48. The lowest BCUT2D eigenvalue weighted by Gasteiger charge is -2.18. The zero-order valence-corrected chi connectivity index (χ0v) is 23.4. The first-order chi connectivity index (χ1) is 21.3. The fourth-order valence-electron chi connectivity index (χ4n) is 4.91. The fraction of sp³-hybridized carbons (Fsp3) is 0.167. The Kier molecular flexibility index (Phi) is 7.45. The fourth-order valence-corrected chi connectivity index (χ4v) is 4.91. The van der Waals surface area contributed by atoms with E-state index < -0.39 is 22.7 Å². The van der Waals surface area contributed by atoms with Crippen LogP contribution in [-0.2, 0) is 24.4 Å². The van der Waals surface area contributed by atoms with Crippen molar-refractivity contribution in [2.45, 2.75) is 19.6 Å². The van der Waals surface area contributed by atoms with Crippen molar-refractivity contribution in [3.63, 3.8) is 0 Å². The molecule has 3 heterocycles. The first kappa shape index (κ1) is 28.1. The lowest BCUT2D eigenvalue weighted by molar-refractivity contribution is -0.118. The number of aromatic nitrogens is 3. The van der Waals surface area contributed by atoms with E-state index in [1.807, 2.05) is 24.3 Å². The molecule has 14 heteroatoms. The lowest BCUT2D eigenvalue weighted by Crippen LogP contribution is -2.36. The number of nitrogens with one attached hydrogen (secondary N) is 6. The van der Waals surface area contributed by atoms with Crippen LogP contribution in [0.3, 0.4) is 0 Å². The van der Waals surface area contributed by atoms with Gasteiger partial charge in [-0.1, -0.05) is 30.3 Å². The predicted octanol–water partition coefficient (Wildman–Crippen LogP) is 1.40. The average molecular weight is 595 g/mol. The minimum atomic E-state index is -0.554. The van der Waals surface area contributed by atoms with Crippen molar-refractivity contribution in [3.8, 4) is 5.75 Å². The molecule has 222 valence electrons. The van der Waals surface area contributed by atoms with Crippen LogP contribution in [0.5, 0.6) is 5.75 Å². The van der Waals surface area contributed by atoms with Crippen molar-refractivity contribution in [3.05, 3.63) is 103 Å². The van der Waals surface area contributed by atoms with Gasteiger partial charge in [0, 0.05) is 32.9 Å². The van der Waals surface area contributed by atoms with Crippen molar-refractivity contribution < 1.29 is 19.1 Å². The number of carbonyl (C=O) groups excluding carboxylic acids is 3. The lowest BCUT2D eigenvalue weighted by atomic mass is 10.1. The topological polar surface area (TPSA) is 196 Å². The Morgan fingerprint density at radius 2 is 1.61 bits per heavy atom. The molecule has 1 aliphatic rings. The molecule has 3 amide bonds. The van der Waals surface area contributed by atoms with Crippen molar-refractivity contribution in [1.29, 1.82) is 0 Å². The van der Waals surface area contributed by atoms with Crippen molar-refractivity contribution in [2.24, 2.45) is 0 Å². The van der Waals surface area contributed by atoms with Gasteiger partial charge in [-0.05, 0) is 28.8 Å². The molecule has 3 aromatic carbocycles. The Bertz CT molecular complexity index is 2010. The van der Waals surface area contributed by atoms with E-state index in [1.165, 1.54) is 12.5 Å². The Morgan fingerprint density at radius 1 is 0.886 bits per heavy atom. The Hall–Kier alpha value is -6.05. The van der Waals surface area contributed by atoms with Crippen LogP contribution in [0, 0.1) is 0 Å². The van der Waals surface area contributed by atoms with E-state index in [9.17, 15) is 24.0 Å². The number of nitrogens with zero attached hydrogens (tertiary/aromatic N) is 2. The molecule has 0 fully saturated rings. The molecule has 2 aromatic heterocycles. The largest absolute Gasteiger partial charge is 0.482 e. The minimum absolute atomic E-state index is 0.0421. The number of rotatable bonds is 10. The number of fused-ring (bicyclic) bond motifs is 2. The van der Waals surface area contributed by atoms with Crippen molar-refractivity contribution in [1.82, 2.24) is 25.6 Å². The van der Waals surface area contributed by atoms with Gasteiger partial charge in [-0.2, -0.15) is 0 Å². The SMILES string of the molecule is CNc1c(NCc2cccc(CNC(=O)c3c[nH]c4c(C(=O)NCc5ccc6c(c5)NC(=O)CO6)ncnc34)c2)c(=O)c1=O. The summed E-state index contributed by atoms with van der Waals surface area (Å²) in [5.41, 5.74) is 3.31. The molecule has 5 aromatic rings. The summed E-state index contributed by atoms with van der Waals surface area (Å²) in [5, 5.41) is 14.1. The van der Waals surface area contributed by atoms with Crippen LogP contribution in [-0.4, -0.2) is 46.3 Å². The van der Waals surface area contributed by atoms with Gasteiger partial charge >= 0.3 is 0 Å². The highest BCUT2D eigenvalue weighted by Crippen LogP contribution is 2.28. The van der Waals surface area contributed by atoms with Crippen LogP contribution in [0.4, 0.5) is 17.1 Å². The molecule has 44 heavy (non-hydrogen) atoms. The number of hydrogen-bond donors (Lipinski definition) is 6. The summed E-state index contributed by atoms with van der Waals surface area (Å²) in [6.07, 6.45) is 2.70. The minimum Gasteiger partial charge on any atom is -0.482 e. The molecule has 0 saturated heterocycles. The standard InChI is InChI=1S/C30H26N8O6/c1-31-24-25(28(41)27(24)40)32-9-15-3-2-4-16(7-15)10-34-29(42)18-12-33-23-22(18)36-14-37-26(23)30(43)35-11-17-5-6-20-19(8-17)38-21(39)13-44-20/h2-8,12,14,31-33H,9-11,13H2,1H3,(H,34,42)(H,35,43)(H,38,39). The summed E-state index contributed by atoms with van der Waals surface area (Å²) < 4.78 is 5.36.